The van der Waals surface area contributed by atoms with Gasteiger partial charge < -0.3 is 16.4 Å². The number of amides is 2. The third-order valence-corrected chi connectivity index (χ3v) is 3.92. The quantitative estimate of drug-likeness (QED) is 0.524. The fourth-order valence-electron chi connectivity index (χ4n) is 2.60. The molecule has 0 aliphatic rings. The zero-order valence-electron chi connectivity index (χ0n) is 14.7. The third-order valence-electron chi connectivity index (χ3n) is 3.92. The maximum absolute atomic E-state index is 12.1. The van der Waals surface area contributed by atoms with E-state index in [1.165, 1.54) is 6.07 Å². The van der Waals surface area contributed by atoms with Gasteiger partial charge in [0, 0.05) is 29.7 Å². The first-order valence-corrected chi connectivity index (χ1v) is 8.27. The molecule has 0 atom stereocenters. The van der Waals surface area contributed by atoms with Crippen molar-refractivity contribution in [3.05, 3.63) is 76.2 Å². The Morgan fingerprint density at radius 2 is 1.67 bits per heavy atom. The average molecular weight is 365 g/mol. The van der Waals surface area contributed by atoms with Crippen LogP contribution >= 0.6 is 0 Å². The predicted molar refractivity (Wildman–Crippen MR) is 103 cm³/mol. The summed E-state index contributed by atoms with van der Waals surface area (Å²) in [7, 11) is 0. The van der Waals surface area contributed by atoms with Gasteiger partial charge in [0.2, 0.25) is 0 Å². The van der Waals surface area contributed by atoms with Gasteiger partial charge >= 0.3 is 11.8 Å². The molecule has 0 spiro atoms. The summed E-state index contributed by atoms with van der Waals surface area (Å²) < 4.78 is 1.63. The van der Waals surface area contributed by atoms with Gasteiger partial charge in [-0.2, -0.15) is 0 Å². The van der Waals surface area contributed by atoms with Crippen LogP contribution in [0, 0.1) is 6.92 Å². The van der Waals surface area contributed by atoms with Crippen LogP contribution < -0.4 is 21.9 Å². The van der Waals surface area contributed by atoms with Gasteiger partial charge in [0.1, 0.15) is 0 Å². The molecule has 0 saturated heterocycles. The van der Waals surface area contributed by atoms with E-state index in [4.69, 9.17) is 5.73 Å². The molecular formula is C19H19N5O3. The summed E-state index contributed by atoms with van der Waals surface area (Å²) >= 11 is 0. The fraction of sp³-hybridized carbons (Fsp3) is 0.105. The number of hydrogen-bond acceptors (Lipinski definition) is 4. The van der Waals surface area contributed by atoms with Crippen molar-refractivity contribution in [2.24, 2.45) is 5.73 Å². The highest BCUT2D eigenvalue weighted by Gasteiger charge is 2.14. The summed E-state index contributed by atoms with van der Waals surface area (Å²) in [4.78, 5) is 35.5. The van der Waals surface area contributed by atoms with Gasteiger partial charge in [-0.3, -0.25) is 24.2 Å². The second-order valence-corrected chi connectivity index (χ2v) is 5.96. The molecule has 1 aromatic heterocycles. The number of hydrogen-bond donors (Lipinski definition) is 4. The summed E-state index contributed by atoms with van der Waals surface area (Å²) in [6.07, 6.45) is 0. The smallest absolute Gasteiger partial charge is 0.314 e. The minimum atomic E-state index is -0.786. The van der Waals surface area contributed by atoms with Gasteiger partial charge in [-0.05, 0) is 48.9 Å². The van der Waals surface area contributed by atoms with Gasteiger partial charge in [0.15, 0.2) is 0 Å². The summed E-state index contributed by atoms with van der Waals surface area (Å²) in [5.41, 5.74) is 8.67. The van der Waals surface area contributed by atoms with Gasteiger partial charge in [-0.25, -0.2) is 0 Å². The normalized spacial score (nSPS) is 10.4. The Balaban J connectivity index is 1.65. The zero-order chi connectivity index (χ0) is 19.4. The lowest BCUT2D eigenvalue weighted by atomic mass is 10.2. The van der Waals surface area contributed by atoms with E-state index >= 15 is 0 Å². The molecule has 0 aliphatic carbocycles. The highest BCUT2D eigenvalue weighted by molar-refractivity contribution is 6.43. The predicted octanol–water partition coefficient (Wildman–Crippen LogP) is 1.51. The molecule has 5 N–H and O–H groups in total. The first-order chi connectivity index (χ1) is 13.0. The highest BCUT2D eigenvalue weighted by atomic mass is 16.2. The van der Waals surface area contributed by atoms with Crippen molar-refractivity contribution in [3.63, 3.8) is 0 Å². The summed E-state index contributed by atoms with van der Waals surface area (Å²) in [6.45, 7) is 2.14. The molecule has 2 amide bonds. The maximum atomic E-state index is 12.1. The third kappa shape index (κ3) is 4.31. The Morgan fingerprint density at radius 3 is 2.26 bits per heavy atom. The summed E-state index contributed by atoms with van der Waals surface area (Å²) in [6, 6.07) is 15.2. The molecule has 3 rings (SSSR count). The minimum absolute atomic E-state index is 0.194. The van der Waals surface area contributed by atoms with Crippen molar-refractivity contribution in [3.8, 4) is 5.69 Å². The standard InChI is InChI=1S/C19H19N5O3/c1-12-9-17(25)23-24(12)16-7-5-14(6-8-16)21-18(26)19(27)22-15-4-2-3-13(10-15)11-20/h2-10H,11,20H2,1H3,(H,21,26)(H,22,27)(H,23,25). The Bertz CT molecular complexity index is 1030. The number of aromatic nitrogens is 2. The lowest BCUT2D eigenvalue weighted by Crippen LogP contribution is -2.29. The van der Waals surface area contributed by atoms with Crippen molar-refractivity contribution in [1.29, 1.82) is 0 Å². The lowest BCUT2D eigenvalue weighted by Gasteiger charge is -2.09. The van der Waals surface area contributed by atoms with Crippen LogP contribution in [0.3, 0.4) is 0 Å². The largest absolute Gasteiger partial charge is 0.326 e. The van der Waals surface area contributed by atoms with E-state index in [-0.39, 0.29) is 5.56 Å². The van der Waals surface area contributed by atoms with E-state index in [1.807, 2.05) is 6.07 Å². The summed E-state index contributed by atoms with van der Waals surface area (Å²) in [5, 5.41) is 7.74. The maximum Gasteiger partial charge on any atom is 0.314 e. The second kappa shape index (κ2) is 7.71. The molecule has 0 unspecified atom stereocenters. The lowest BCUT2D eigenvalue weighted by molar-refractivity contribution is -0.132. The fourth-order valence-corrected chi connectivity index (χ4v) is 2.60. The van der Waals surface area contributed by atoms with Gasteiger partial charge in [0.25, 0.3) is 5.56 Å². The van der Waals surface area contributed by atoms with Crippen molar-refractivity contribution in [2.45, 2.75) is 13.5 Å². The molecule has 0 saturated carbocycles. The number of H-pyrrole nitrogens is 1. The van der Waals surface area contributed by atoms with Gasteiger partial charge in [-0.15, -0.1) is 0 Å². The molecule has 0 bridgehead atoms. The van der Waals surface area contributed by atoms with E-state index < -0.39 is 11.8 Å². The topological polar surface area (TPSA) is 122 Å². The molecular weight excluding hydrogens is 346 g/mol. The number of nitrogens with zero attached hydrogens (tertiary/aromatic N) is 1. The Kier molecular flexibility index (Phi) is 5.18. The van der Waals surface area contributed by atoms with Crippen LogP contribution in [0.25, 0.3) is 5.69 Å². The SMILES string of the molecule is Cc1cc(=O)[nH]n1-c1ccc(NC(=O)C(=O)Nc2cccc(CN)c2)cc1. The average Bonchev–Trinajstić information content (AvgIpc) is 3.00. The molecule has 0 aliphatic heterocycles. The molecule has 27 heavy (non-hydrogen) atoms. The van der Waals surface area contributed by atoms with Crippen molar-refractivity contribution in [2.75, 3.05) is 10.6 Å². The van der Waals surface area contributed by atoms with E-state index in [0.717, 1.165) is 16.9 Å². The number of anilines is 2. The highest BCUT2D eigenvalue weighted by Crippen LogP contribution is 2.14. The monoisotopic (exact) mass is 365 g/mol. The number of nitrogens with two attached hydrogens (primary N) is 1. The number of aryl methyl sites for hydroxylation is 1. The van der Waals surface area contributed by atoms with Crippen LogP contribution in [0.15, 0.2) is 59.4 Å². The number of nitrogens with one attached hydrogen (secondary N) is 3. The number of aromatic amines is 1. The van der Waals surface area contributed by atoms with Gasteiger partial charge in [0.05, 0.1) is 5.69 Å². The molecule has 138 valence electrons. The van der Waals surface area contributed by atoms with E-state index in [0.29, 0.717) is 17.9 Å². The van der Waals surface area contributed by atoms with Crippen LogP contribution in [-0.4, -0.2) is 21.6 Å². The first-order valence-electron chi connectivity index (χ1n) is 8.27. The van der Waals surface area contributed by atoms with E-state index in [2.05, 4.69) is 15.7 Å². The molecule has 8 nitrogen and oxygen atoms in total. The molecule has 1 heterocycles. The summed E-state index contributed by atoms with van der Waals surface area (Å²) in [5.74, 6) is -1.56. The van der Waals surface area contributed by atoms with Crippen LogP contribution in [-0.2, 0) is 16.1 Å². The molecule has 0 radical (unpaired) electrons. The van der Waals surface area contributed by atoms with Crippen molar-refractivity contribution >= 4 is 23.2 Å². The number of carbonyl (C=O) groups is 2. The van der Waals surface area contributed by atoms with Crippen LogP contribution in [0.5, 0.6) is 0 Å². The first kappa shape index (κ1) is 18.2. The van der Waals surface area contributed by atoms with Crippen LogP contribution in [0.2, 0.25) is 0 Å². The van der Waals surface area contributed by atoms with Crippen LogP contribution in [0.1, 0.15) is 11.3 Å². The number of benzene rings is 2. The van der Waals surface area contributed by atoms with Crippen LogP contribution in [0.4, 0.5) is 11.4 Å². The molecule has 2 aromatic carbocycles. The Morgan fingerprint density at radius 1 is 1.00 bits per heavy atom. The minimum Gasteiger partial charge on any atom is -0.326 e. The second-order valence-electron chi connectivity index (χ2n) is 5.96. The van der Waals surface area contributed by atoms with E-state index in [9.17, 15) is 14.4 Å². The van der Waals surface area contributed by atoms with Crippen molar-refractivity contribution < 1.29 is 9.59 Å². The van der Waals surface area contributed by atoms with Gasteiger partial charge in [-0.1, -0.05) is 12.1 Å². The Labute approximate surface area is 155 Å². The number of carbonyl (C=O) groups excluding carboxylic acids is 2. The number of rotatable bonds is 4. The zero-order valence-corrected chi connectivity index (χ0v) is 14.7. The molecule has 8 heteroatoms. The molecule has 0 fully saturated rings. The van der Waals surface area contributed by atoms with E-state index in [1.54, 1.807) is 54.1 Å². The molecule has 3 aromatic rings. The van der Waals surface area contributed by atoms with Crippen molar-refractivity contribution in [1.82, 2.24) is 9.78 Å². The Hall–Kier alpha value is -3.65.